The summed E-state index contributed by atoms with van der Waals surface area (Å²) in [5.74, 6) is -0.417. The van der Waals surface area contributed by atoms with Gasteiger partial charge in [-0.3, -0.25) is 0 Å². The van der Waals surface area contributed by atoms with Crippen molar-refractivity contribution in [1.82, 2.24) is 9.62 Å². The van der Waals surface area contributed by atoms with Crippen LogP contribution in [-0.4, -0.2) is 38.4 Å². The van der Waals surface area contributed by atoms with Gasteiger partial charge in [0.25, 0.3) is 0 Å². The Morgan fingerprint density at radius 1 is 1.42 bits per heavy atom. The highest BCUT2D eigenvalue weighted by atomic mass is 35.5. The zero-order valence-corrected chi connectivity index (χ0v) is 12.5. The van der Waals surface area contributed by atoms with E-state index in [1.165, 1.54) is 22.5 Å². The lowest BCUT2D eigenvalue weighted by Crippen LogP contribution is -2.52. The Kier molecular flexibility index (Phi) is 5.32. The molecule has 1 heterocycles. The van der Waals surface area contributed by atoms with E-state index in [1.807, 2.05) is 6.92 Å². The standard InChI is InChI=1S/C12H17FN2O2S.ClH/c1-9-7-11(13)3-4-12(9)18(16,17)15-6-5-14-8-10(15)2;/h3-4,7,10,14H,5-6,8H2,1-2H3;1H/t10-;/m0./s1. The molecule has 108 valence electrons. The molecule has 0 unspecified atom stereocenters. The van der Waals surface area contributed by atoms with Crippen LogP contribution in [0.3, 0.4) is 0 Å². The van der Waals surface area contributed by atoms with E-state index in [0.29, 0.717) is 25.2 Å². The van der Waals surface area contributed by atoms with Gasteiger partial charge in [-0.2, -0.15) is 4.31 Å². The van der Waals surface area contributed by atoms with Gasteiger partial charge in [-0.05, 0) is 37.6 Å². The topological polar surface area (TPSA) is 49.4 Å². The van der Waals surface area contributed by atoms with Gasteiger partial charge < -0.3 is 5.32 Å². The molecule has 1 aliphatic rings. The molecule has 0 bridgehead atoms. The Hall–Kier alpha value is -0.690. The summed E-state index contributed by atoms with van der Waals surface area (Å²) in [6.07, 6.45) is 0. The van der Waals surface area contributed by atoms with E-state index in [2.05, 4.69) is 5.32 Å². The van der Waals surface area contributed by atoms with Crippen molar-refractivity contribution >= 4 is 22.4 Å². The lowest BCUT2D eigenvalue weighted by atomic mass is 10.2. The lowest BCUT2D eigenvalue weighted by molar-refractivity contribution is 0.283. The molecule has 1 fully saturated rings. The van der Waals surface area contributed by atoms with Crippen molar-refractivity contribution in [3.8, 4) is 0 Å². The second-order valence-corrected chi connectivity index (χ2v) is 6.44. The molecule has 0 aromatic heterocycles. The minimum atomic E-state index is -3.53. The number of hydrogen-bond donors (Lipinski definition) is 1. The van der Waals surface area contributed by atoms with Gasteiger partial charge in [-0.15, -0.1) is 12.4 Å². The maximum atomic E-state index is 13.0. The van der Waals surface area contributed by atoms with Gasteiger partial charge >= 0.3 is 0 Å². The van der Waals surface area contributed by atoms with E-state index in [1.54, 1.807) is 6.92 Å². The van der Waals surface area contributed by atoms with Crippen LogP contribution in [0, 0.1) is 12.7 Å². The number of nitrogens with zero attached hydrogens (tertiary/aromatic N) is 1. The Bertz CT molecular complexity index is 551. The first-order chi connectivity index (χ1) is 8.43. The van der Waals surface area contributed by atoms with E-state index in [9.17, 15) is 12.8 Å². The molecule has 7 heteroatoms. The van der Waals surface area contributed by atoms with Gasteiger partial charge in [-0.1, -0.05) is 0 Å². The predicted octanol–water partition coefficient (Wildman–Crippen LogP) is 1.54. The monoisotopic (exact) mass is 308 g/mol. The van der Waals surface area contributed by atoms with Crippen LogP contribution >= 0.6 is 12.4 Å². The maximum Gasteiger partial charge on any atom is 0.243 e. The molecule has 0 aliphatic carbocycles. The number of piperazine rings is 1. The van der Waals surface area contributed by atoms with Crippen molar-refractivity contribution in [1.29, 1.82) is 0 Å². The predicted molar refractivity (Wildman–Crippen MR) is 74.6 cm³/mol. The summed E-state index contributed by atoms with van der Waals surface area (Å²) >= 11 is 0. The van der Waals surface area contributed by atoms with Crippen molar-refractivity contribution in [3.63, 3.8) is 0 Å². The number of benzene rings is 1. The number of aryl methyl sites for hydroxylation is 1. The largest absolute Gasteiger partial charge is 0.314 e. The number of sulfonamides is 1. The Labute approximate surface area is 119 Å². The van der Waals surface area contributed by atoms with Crippen molar-refractivity contribution in [2.75, 3.05) is 19.6 Å². The first-order valence-corrected chi connectivity index (χ1v) is 7.35. The SMILES string of the molecule is Cc1cc(F)ccc1S(=O)(=O)N1CCNC[C@@H]1C.Cl. The maximum absolute atomic E-state index is 13.0. The molecule has 1 saturated heterocycles. The molecule has 0 amide bonds. The third kappa shape index (κ3) is 3.25. The van der Waals surface area contributed by atoms with E-state index < -0.39 is 15.8 Å². The summed E-state index contributed by atoms with van der Waals surface area (Å²) in [5, 5.41) is 3.15. The lowest BCUT2D eigenvalue weighted by Gasteiger charge is -2.33. The molecule has 1 N–H and O–H groups in total. The first-order valence-electron chi connectivity index (χ1n) is 5.91. The average Bonchev–Trinajstić information content (AvgIpc) is 2.28. The molecule has 0 spiro atoms. The number of nitrogens with one attached hydrogen (secondary N) is 1. The van der Waals surface area contributed by atoms with Crippen LogP contribution < -0.4 is 5.32 Å². The molecule has 19 heavy (non-hydrogen) atoms. The zero-order chi connectivity index (χ0) is 13.3. The molecule has 2 rings (SSSR count). The molecule has 4 nitrogen and oxygen atoms in total. The quantitative estimate of drug-likeness (QED) is 0.901. The normalized spacial score (nSPS) is 20.9. The van der Waals surface area contributed by atoms with Crippen molar-refractivity contribution in [2.45, 2.75) is 24.8 Å². The molecule has 1 atom stereocenters. The molecule has 1 aromatic rings. The fourth-order valence-electron chi connectivity index (χ4n) is 2.21. The minimum absolute atomic E-state index is 0. The highest BCUT2D eigenvalue weighted by Crippen LogP contribution is 2.23. The van der Waals surface area contributed by atoms with Crippen LogP contribution in [0.25, 0.3) is 0 Å². The third-order valence-corrected chi connectivity index (χ3v) is 5.34. The Morgan fingerprint density at radius 2 is 2.11 bits per heavy atom. The van der Waals surface area contributed by atoms with Gasteiger partial charge in [0.05, 0.1) is 4.90 Å². The summed E-state index contributed by atoms with van der Waals surface area (Å²) in [7, 11) is -3.53. The molecular weight excluding hydrogens is 291 g/mol. The van der Waals surface area contributed by atoms with Crippen molar-refractivity contribution in [2.24, 2.45) is 0 Å². The number of rotatable bonds is 2. The van der Waals surface area contributed by atoms with Crippen LogP contribution in [0.15, 0.2) is 23.1 Å². The molecule has 1 aromatic carbocycles. The molecular formula is C12H18ClFN2O2S. The van der Waals surface area contributed by atoms with Crippen LogP contribution in [0.5, 0.6) is 0 Å². The minimum Gasteiger partial charge on any atom is -0.314 e. The summed E-state index contributed by atoms with van der Waals surface area (Å²) in [5.41, 5.74) is 0.445. The zero-order valence-electron chi connectivity index (χ0n) is 10.9. The average molecular weight is 309 g/mol. The van der Waals surface area contributed by atoms with Crippen molar-refractivity contribution in [3.05, 3.63) is 29.6 Å². The first kappa shape index (κ1) is 16.4. The van der Waals surface area contributed by atoms with Crippen LogP contribution in [0.1, 0.15) is 12.5 Å². The van der Waals surface area contributed by atoms with Crippen LogP contribution in [0.4, 0.5) is 4.39 Å². The van der Waals surface area contributed by atoms with Crippen molar-refractivity contribution < 1.29 is 12.8 Å². The molecule has 0 saturated carbocycles. The van der Waals surface area contributed by atoms with Gasteiger partial charge in [0.2, 0.25) is 10.0 Å². The molecule has 0 radical (unpaired) electrons. The second-order valence-electron chi connectivity index (χ2n) is 4.58. The third-order valence-electron chi connectivity index (χ3n) is 3.16. The fraction of sp³-hybridized carbons (Fsp3) is 0.500. The highest BCUT2D eigenvalue weighted by Gasteiger charge is 2.31. The number of hydrogen-bond acceptors (Lipinski definition) is 3. The summed E-state index contributed by atoms with van der Waals surface area (Å²) in [6, 6.07) is 3.69. The van der Waals surface area contributed by atoms with E-state index in [4.69, 9.17) is 0 Å². The van der Waals surface area contributed by atoms with Gasteiger partial charge in [0.1, 0.15) is 5.82 Å². The van der Waals surface area contributed by atoms with Gasteiger partial charge in [0, 0.05) is 25.7 Å². The second kappa shape index (κ2) is 6.17. The smallest absolute Gasteiger partial charge is 0.243 e. The summed E-state index contributed by atoms with van der Waals surface area (Å²) < 4.78 is 39.5. The van der Waals surface area contributed by atoms with Gasteiger partial charge in [0.15, 0.2) is 0 Å². The van der Waals surface area contributed by atoms with E-state index in [0.717, 1.165) is 0 Å². The van der Waals surface area contributed by atoms with Gasteiger partial charge in [-0.25, -0.2) is 12.8 Å². The Morgan fingerprint density at radius 3 is 2.68 bits per heavy atom. The van der Waals surface area contributed by atoms with Crippen LogP contribution in [0.2, 0.25) is 0 Å². The van der Waals surface area contributed by atoms with E-state index >= 15 is 0 Å². The fourth-order valence-corrected chi connectivity index (χ4v) is 4.05. The van der Waals surface area contributed by atoms with E-state index in [-0.39, 0.29) is 23.3 Å². The Balaban J connectivity index is 0.00000180. The summed E-state index contributed by atoms with van der Waals surface area (Å²) in [6.45, 7) is 5.20. The summed E-state index contributed by atoms with van der Waals surface area (Å²) in [4.78, 5) is 0.192. The molecule has 1 aliphatic heterocycles. The number of halogens is 2. The van der Waals surface area contributed by atoms with Crippen LogP contribution in [-0.2, 0) is 10.0 Å². The highest BCUT2D eigenvalue weighted by molar-refractivity contribution is 7.89.